The van der Waals surface area contributed by atoms with E-state index in [9.17, 15) is 0 Å². The lowest BCUT2D eigenvalue weighted by Crippen LogP contribution is -1.87. The second-order valence-electron chi connectivity index (χ2n) is 4.31. The maximum Gasteiger partial charge on any atom is 0.0954 e. The Hall–Kier alpha value is -0.800. The number of hydrogen-bond donors (Lipinski definition) is 0. The van der Waals surface area contributed by atoms with E-state index in [1.165, 1.54) is 16.3 Å². The normalized spacial score (nSPS) is 11.0. The first-order chi connectivity index (χ1) is 8.25. The third-order valence-electron chi connectivity index (χ3n) is 2.42. The predicted molar refractivity (Wildman–Crippen MR) is 77.6 cm³/mol. The van der Waals surface area contributed by atoms with E-state index in [2.05, 4.69) is 54.5 Å². The van der Waals surface area contributed by atoms with Crippen molar-refractivity contribution < 1.29 is 0 Å². The molecule has 0 saturated carbocycles. The summed E-state index contributed by atoms with van der Waals surface area (Å²) in [6.45, 7) is 4.39. The first-order valence-corrected chi connectivity index (χ1v) is 7.85. The molecule has 0 aliphatic heterocycles. The molecule has 0 N–H and O–H groups in total. The van der Waals surface area contributed by atoms with Crippen molar-refractivity contribution in [1.82, 2.24) is 4.98 Å². The number of hydrogen-bond acceptors (Lipinski definition) is 3. The number of benzene rings is 1. The molecule has 1 aromatic heterocycles. The van der Waals surface area contributed by atoms with E-state index in [0.29, 0.717) is 5.92 Å². The van der Waals surface area contributed by atoms with Crippen molar-refractivity contribution in [3.63, 3.8) is 0 Å². The average Bonchev–Trinajstić information content (AvgIpc) is 2.79. The zero-order chi connectivity index (χ0) is 12.1. The van der Waals surface area contributed by atoms with Crippen LogP contribution in [-0.2, 0) is 11.5 Å². The molecule has 1 aromatic carbocycles. The summed E-state index contributed by atoms with van der Waals surface area (Å²) >= 11 is 3.71. The molecule has 0 spiro atoms. The number of thiazole rings is 1. The molecule has 0 atom stereocenters. The topological polar surface area (TPSA) is 12.9 Å². The van der Waals surface area contributed by atoms with Gasteiger partial charge in [0.15, 0.2) is 0 Å². The molecule has 17 heavy (non-hydrogen) atoms. The Morgan fingerprint density at radius 3 is 2.59 bits per heavy atom. The predicted octanol–water partition coefficient (Wildman–Crippen LogP) is 4.70. The zero-order valence-electron chi connectivity index (χ0n) is 10.2. The maximum atomic E-state index is 4.64. The van der Waals surface area contributed by atoms with Crippen LogP contribution in [-0.4, -0.2) is 4.98 Å². The van der Waals surface area contributed by atoms with Gasteiger partial charge in [-0.15, -0.1) is 11.3 Å². The molecule has 0 amide bonds. The lowest BCUT2D eigenvalue weighted by Gasteiger charge is -2.00. The summed E-state index contributed by atoms with van der Waals surface area (Å²) < 4.78 is 0. The van der Waals surface area contributed by atoms with Crippen LogP contribution in [0.2, 0.25) is 0 Å². The van der Waals surface area contributed by atoms with Crippen LogP contribution < -0.4 is 0 Å². The van der Waals surface area contributed by atoms with Crippen LogP contribution in [0.15, 0.2) is 35.7 Å². The van der Waals surface area contributed by atoms with Crippen molar-refractivity contribution >= 4 is 23.1 Å². The van der Waals surface area contributed by atoms with Gasteiger partial charge < -0.3 is 0 Å². The van der Waals surface area contributed by atoms with Gasteiger partial charge in [-0.25, -0.2) is 4.98 Å². The quantitative estimate of drug-likeness (QED) is 0.775. The van der Waals surface area contributed by atoms with Crippen LogP contribution in [0, 0.1) is 0 Å². The summed E-state index contributed by atoms with van der Waals surface area (Å²) in [5.74, 6) is 2.63. The molecule has 0 radical (unpaired) electrons. The average molecular weight is 263 g/mol. The molecule has 2 aromatic rings. The van der Waals surface area contributed by atoms with E-state index in [4.69, 9.17) is 0 Å². The fourth-order valence-electron chi connectivity index (χ4n) is 1.50. The van der Waals surface area contributed by atoms with Crippen LogP contribution in [0.25, 0.3) is 0 Å². The standard InChI is InChI=1S/C14H17NS2/c1-11(2)14-15-13(10-17-14)9-16-8-12-6-4-3-5-7-12/h3-7,10-11H,8-9H2,1-2H3. The van der Waals surface area contributed by atoms with Crippen molar-refractivity contribution in [2.24, 2.45) is 0 Å². The molecule has 3 heteroatoms. The monoisotopic (exact) mass is 263 g/mol. The third-order valence-corrected chi connectivity index (χ3v) is 4.66. The maximum absolute atomic E-state index is 4.64. The summed E-state index contributed by atoms with van der Waals surface area (Å²) in [5.41, 5.74) is 2.61. The van der Waals surface area contributed by atoms with Crippen molar-refractivity contribution in [3.8, 4) is 0 Å². The van der Waals surface area contributed by atoms with E-state index in [1.54, 1.807) is 11.3 Å². The van der Waals surface area contributed by atoms with Gasteiger partial charge >= 0.3 is 0 Å². The van der Waals surface area contributed by atoms with Crippen LogP contribution in [0.1, 0.15) is 36.0 Å². The Bertz CT molecular complexity index is 448. The van der Waals surface area contributed by atoms with E-state index >= 15 is 0 Å². The van der Waals surface area contributed by atoms with Gasteiger partial charge in [0, 0.05) is 22.8 Å². The Labute approximate surface area is 111 Å². The molecule has 0 saturated heterocycles. The summed E-state index contributed by atoms with van der Waals surface area (Å²) in [7, 11) is 0. The SMILES string of the molecule is CC(C)c1nc(CSCc2ccccc2)cs1. The fourth-order valence-corrected chi connectivity index (χ4v) is 3.33. The van der Waals surface area contributed by atoms with Crippen molar-refractivity contribution in [2.75, 3.05) is 0 Å². The summed E-state index contributed by atoms with van der Waals surface area (Å²) in [4.78, 5) is 4.64. The minimum Gasteiger partial charge on any atom is -0.245 e. The number of thioether (sulfide) groups is 1. The molecule has 0 fully saturated rings. The molecule has 1 nitrogen and oxygen atoms in total. The highest BCUT2D eigenvalue weighted by Crippen LogP contribution is 2.23. The smallest absolute Gasteiger partial charge is 0.0954 e. The molecule has 0 aliphatic carbocycles. The van der Waals surface area contributed by atoms with E-state index < -0.39 is 0 Å². The van der Waals surface area contributed by atoms with Gasteiger partial charge in [0.1, 0.15) is 0 Å². The molecule has 0 aliphatic rings. The Morgan fingerprint density at radius 1 is 1.18 bits per heavy atom. The Balaban J connectivity index is 1.82. The van der Waals surface area contributed by atoms with Gasteiger partial charge in [0.2, 0.25) is 0 Å². The largest absolute Gasteiger partial charge is 0.245 e. The van der Waals surface area contributed by atoms with E-state index in [1.807, 2.05) is 11.8 Å². The van der Waals surface area contributed by atoms with Crippen LogP contribution >= 0.6 is 23.1 Å². The van der Waals surface area contributed by atoms with Gasteiger partial charge in [-0.3, -0.25) is 0 Å². The fraction of sp³-hybridized carbons (Fsp3) is 0.357. The number of nitrogens with zero attached hydrogens (tertiary/aromatic N) is 1. The highest BCUT2D eigenvalue weighted by atomic mass is 32.2. The molecule has 0 bridgehead atoms. The molecule has 0 unspecified atom stereocenters. The molecular formula is C14H17NS2. The highest BCUT2D eigenvalue weighted by molar-refractivity contribution is 7.97. The molecule has 90 valence electrons. The van der Waals surface area contributed by atoms with E-state index in [0.717, 1.165) is 11.5 Å². The third kappa shape index (κ3) is 3.86. The second-order valence-corrected chi connectivity index (χ2v) is 6.19. The number of rotatable bonds is 5. The summed E-state index contributed by atoms with van der Waals surface area (Å²) in [6, 6.07) is 10.6. The van der Waals surface area contributed by atoms with Gasteiger partial charge in [-0.05, 0) is 5.56 Å². The molecule has 1 heterocycles. The second kappa shape index (κ2) is 6.22. The van der Waals surface area contributed by atoms with Gasteiger partial charge in [-0.2, -0.15) is 11.8 Å². The van der Waals surface area contributed by atoms with Crippen molar-refractivity contribution in [2.45, 2.75) is 31.3 Å². The molecule has 2 rings (SSSR count). The minimum absolute atomic E-state index is 0.549. The van der Waals surface area contributed by atoms with E-state index in [-0.39, 0.29) is 0 Å². The Morgan fingerprint density at radius 2 is 1.94 bits per heavy atom. The lowest BCUT2D eigenvalue weighted by atomic mass is 10.2. The first-order valence-electron chi connectivity index (χ1n) is 5.81. The summed E-state index contributed by atoms with van der Waals surface area (Å²) in [5, 5.41) is 3.44. The highest BCUT2D eigenvalue weighted by Gasteiger charge is 2.05. The van der Waals surface area contributed by atoms with Gasteiger partial charge in [0.05, 0.1) is 10.7 Å². The van der Waals surface area contributed by atoms with Gasteiger partial charge in [-0.1, -0.05) is 44.2 Å². The van der Waals surface area contributed by atoms with Crippen LogP contribution in [0.4, 0.5) is 0 Å². The Kier molecular flexibility index (Phi) is 4.63. The number of aromatic nitrogens is 1. The molecular weight excluding hydrogens is 246 g/mol. The zero-order valence-corrected chi connectivity index (χ0v) is 11.9. The van der Waals surface area contributed by atoms with Crippen molar-refractivity contribution in [3.05, 3.63) is 52.0 Å². The van der Waals surface area contributed by atoms with Gasteiger partial charge in [0.25, 0.3) is 0 Å². The van der Waals surface area contributed by atoms with Crippen molar-refractivity contribution in [1.29, 1.82) is 0 Å². The lowest BCUT2D eigenvalue weighted by molar-refractivity contribution is 0.846. The first kappa shape index (κ1) is 12.7. The van der Waals surface area contributed by atoms with Crippen LogP contribution in [0.3, 0.4) is 0 Å². The minimum atomic E-state index is 0.549. The van der Waals surface area contributed by atoms with Crippen LogP contribution in [0.5, 0.6) is 0 Å². The summed E-state index contributed by atoms with van der Waals surface area (Å²) in [6.07, 6.45) is 0.